The van der Waals surface area contributed by atoms with Gasteiger partial charge in [0.05, 0.1) is 12.7 Å². The average Bonchev–Trinajstić information content (AvgIpc) is 2.34. The standard InChI is InChI=1S/C14H29N3O/c1-10-6-15-14(7-16(10)5)8-17-11(2)9-18-13(4)12(17)3/h10-15H,6-9H2,1-5H3/t10-,11-,12-,13+,14-/m1/s1. The zero-order chi connectivity index (χ0) is 13.3. The van der Waals surface area contributed by atoms with Crippen molar-refractivity contribution in [1.29, 1.82) is 0 Å². The Bertz CT molecular complexity index is 274. The SMILES string of the molecule is C[C@@H]1OC[C@@H](C)N(C[C@H]2CN(C)[C@H](C)CN2)[C@@H]1C. The summed E-state index contributed by atoms with van der Waals surface area (Å²) in [4.78, 5) is 5.07. The van der Waals surface area contributed by atoms with Crippen LogP contribution in [0.1, 0.15) is 27.7 Å². The number of rotatable bonds is 2. The van der Waals surface area contributed by atoms with Crippen LogP contribution in [0.2, 0.25) is 0 Å². The molecule has 106 valence electrons. The Labute approximate surface area is 112 Å². The lowest BCUT2D eigenvalue weighted by Crippen LogP contribution is -2.62. The minimum absolute atomic E-state index is 0.349. The number of hydrogen-bond donors (Lipinski definition) is 1. The van der Waals surface area contributed by atoms with Gasteiger partial charge in [0.15, 0.2) is 0 Å². The normalized spacial score (nSPS) is 44.2. The highest BCUT2D eigenvalue weighted by molar-refractivity contribution is 4.89. The number of nitrogens with one attached hydrogen (secondary N) is 1. The largest absolute Gasteiger partial charge is 0.375 e. The lowest BCUT2D eigenvalue weighted by molar-refractivity contribution is -0.0893. The average molecular weight is 255 g/mol. The van der Waals surface area contributed by atoms with Crippen LogP contribution in [-0.2, 0) is 4.74 Å². The quantitative estimate of drug-likeness (QED) is 0.789. The molecule has 0 bridgehead atoms. The van der Waals surface area contributed by atoms with Gasteiger partial charge in [-0.2, -0.15) is 0 Å². The summed E-state index contributed by atoms with van der Waals surface area (Å²) in [6.45, 7) is 13.3. The predicted octanol–water partition coefficient (Wildman–Crippen LogP) is 0.776. The molecule has 2 rings (SSSR count). The van der Waals surface area contributed by atoms with E-state index in [1.54, 1.807) is 0 Å². The molecule has 2 aliphatic rings. The van der Waals surface area contributed by atoms with Crippen LogP contribution in [0, 0.1) is 0 Å². The van der Waals surface area contributed by atoms with E-state index in [1.807, 2.05) is 0 Å². The van der Waals surface area contributed by atoms with Crippen LogP contribution in [-0.4, -0.2) is 73.4 Å². The van der Waals surface area contributed by atoms with Gasteiger partial charge in [0.2, 0.25) is 0 Å². The Hall–Kier alpha value is -0.160. The first-order valence-electron chi connectivity index (χ1n) is 7.30. The number of nitrogens with zero attached hydrogens (tertiary/aromatic N) is 2. The maximum atomic E-state index is 5.79. The maximum Gasteiger partial charge on any atom is 0.0700 e. The van der Waals surface area contributed by atoms with E-state index < -0.39 is 0 Å². The van der Waals surface area contributed by atoms with Crippen LogP contribution in [0.3, 0.4) is 0 Å². The highest BCUT2D eigenvalue weighted by Gasteiger charge is 2.33. The minimum atomic E-state index is 0.349. The van der Waals surface area contributed by atoms with Gasteiger partial charge < -0.3 is 15.0 Å². The van der Waals surface area contributed by atoms with Crippen LogP contribution < -0.4 is 5.32 Å². The van der Waals surface area contributed by atoms with E-state index in [2.05, 4.69) is 49.9 Å². The summed E-state index contributed by atoms with van der Waals surface area (Å²) >= 11 is 0. The molecular formula is C14H29N3O. The summed E-state index contributed by atoms with van der Waals surface area (Å²) < 4.78 is 5.79. The van der Waals surface area contributed by atoms with Crippen molar-refractivity contribution in [1.82, 2.24) is 15.1 Å². The molecule has 5 atom stereocenters. The number of ether oxygens (including phenoxy) is 1. The van der Waals surface area contributed by atoms with Gasteiger partial charge in [0.25, 0.3) is 0 Å². The van der Waals surface area contributed by atoms with Crippen molar-refractivity contribution < 1.29 is 4.74 Å². The molecule has 0 saturated carbocycles. The molecular weight excluding hydrogens is 226 g/mol. The van der Waals surface area contributed by atoms with E-state index in [0.29, 0.717) is 30.3 Å². The Morgan fingerprint density at radius 1 is 1.17 bits per heavy atom. The summed E-state index contributed by atoms with van der Waals surface area (Å²) in [5, 5.41) is 3.68. The fourth-order valence-electron chi connectivity index (χ4n) is 3.01. The third kappa shape index (κ3) is 3.05. The second-order valence-electron chi connectivity index (χ2n) is 6.22. The molecule has 2 fully saturated rings. The van der Waals surface area contributed by atoms with E-state index in [4.69, 9.17) is 4.74 Å². The fourth-order valence-corrected chi connectivity index (χ4v) is 3.01. The molecule has 0 aromatic carbocycles. The van der Waals surface area contributed by atoms with E-state index >= 15 is 0 Å². The summed E-state index contributed by atoms with van der Waals surface area (Å²) in [6, 6.07) is 2.28. The Balaban J connectivity index is 1.91. The molecule has 0 amide bonds. The molecule has 18 heavy (non-hydrogen) atoms. The van der Waals surface area contributed by atoms with Crippen molar-refractivity contribution in [2.45, 2.75) is 58.0 Å². The van der Waals surface area contributed by atoms with Crippen molar-refractivity contribution in [2.24, 2.45) is 0 Å². The molecule has 1 N–H and O–H groups in total. The predicted molar refractivity (Wildman–Crippen MR) is 74.9 cm³/mol. The van der Waals surface area contributed by atoms with E-state index in [-0.39, 0.29) is 0 Å². The third-order valence-electron chi connectivity index (χ3n) is 4.76. The van der Waals surface area contributed by atoms with Gasteiger partial charge in [-0.1, -0.05) is 0 Å². The Morgan fingerprint density at radius 2 is 1.89 bits per heavy atom. The molecule has 2 aliphatic heterocycles. The first kappa shape index (κ1) is 14.3. The van der Waals surface area contributed by atoms with Crippen molar-refractivity contribution >= 4 is 0 Å². The van der Waals surface area contributed by atoms with Crippen LogP contribution >= 0.6 is 0 Å². The van der Waals surface area contributed by atoms with Crippen molar-refractivity contribution in [3.8, 4) is 0 Å². The Kier molecular flexibility index (Phi) is 4.64. The number of piperazine rings is 1. The minimum Gasteiger partial charge on any atom is -0.375 e. The van der Waals surface area contributed by atoms with Gasteiger partial charge in [-0.25, -0.2) is 0 Å². The molecule has 2 saturated heterocycles. The molecule has 4 nitrogen and oxygen atoms in total. The van der Waals surface area contributed by atoms with Crippen molar-refractivity contribution in [3.05, 3.63) is 0 Å². The smallest absolute Gasteiger partial charge is 0.0700 e. The molecule has 0 spiro atoms. The fraction of sp³-hybridized carbons (Fsp3) is 1.00. The molecule has 0 aromatic heterocycles. The van der Waals surface area contributed by atoms with Crippen LogP contribution in [0.5, 0.6) is 0 Å². The summed E-state index contributed by atoms with van der Waals surface area (Å²) in [5.74, 6) is 0. The third-order valence-corrected chi connectivity index (χ3v) is 4.76. The number of morpholine rings is 1. The van der Waals surface area contributed by atoms with Crippen LogP contribution in [0.25, 0.3) is 0 Å². The summed E-state index contributed by atoms with van der Waals surface area (Å²) in [7, 11) is 2.23. The van der Waals surface area contributed by atoms with Gasteiger partial charge in [-0.15, -0.1) is 0 Å². The molecule has 4 heteroatoms. The highest BCUT2D eigenvalue weighted by Crippen LogP contribution is 2.19. The second-order valence-corrected chi connectivity index (χ2v) is 6.22. The monoisotopic (exact) mass is 255 g/mol. The van der Waals surface area contributed by atoms with Crippen molar-refractivity contribution in [2.75, 3.05) is 33.3 Å². The van der Waals surface area contributed by atoms with Gasteiger partial charge >= 0.3 is 0 Å². The van der Waals surface area contributed by atoms with E-state index in [1.165, 1.54) is 0 Å². The van der Waals surface area contributed by atoms with Gasteiger partial charge in [-0.05, 0) is 34.7 Å². The zero-order valence-corrected chi connectivity index (χ0v) is 12.5. The lowest BCUT2D eigenvalue weighted by Gasteiger charge is -2.46. The first-order valence-corrected chi connectivity index (χ1v) is 7.30. The van der Waals surface area contributed by atoms with Crippen LogP contribution in [0.4, 0.5) is 0 Å². The van der Waals surface area contributed by atoms with Gasteiger partial charge in [0.1, 0.15) is 0 Å². The zero-order valence-electron chi connectivity index (χ0n) is 12.5. The summed E-state index contributed by atoms with van der Waals surface area (Å²) in [6.07, 6.45) is 0.349. The Morgan fingerprint density at radius 3 is 2.56 bits per heavy atom. The van der Waals surface area contributed by atoms with Crippen molar-refractivity contribution in [3.63, 3.8) is 0 Å². The highest BCUT2D eigenvalue weighted by atomic mass is 16.5. The molecule has 0 unspecified atom stereocenters. The van der Waals surface area contributed by atoms with E-state index in [0.717, 1.165) is 26.2 Å². The topological polar surface area (TPSA) is 27.7 Å². The molecule has 0 radical (unpaired) electrons. The summed E-state index contributed by atoms with van der Waals surface area (Å²) in [5.41, 5.74) is 0. The second kappa shape index (κ2) is 5.87. The van der Waals surface area contributed by atoms with Gasteiger partial charge in [-0.3, -0.25) is 4.90 Å². The van der Waals surface area contributed by atoms with Gasteiger partial charge in [0, 0.05) is 43.8 Å². The molecule has 2 heterocycles. The lowest BCUT2D eigenvalue weighted by atomic mass is 10.0. The molecule has 0 aliphatic carbocycles. The first-order chi connectivity index (χ1) is 8.49. The molecule has 0 aromatic rings. The number of likely N-dealkylation sites (N-methyl/N-ethyl adjacent to an activating group) is 1. The maximum absolute atomic E-state index is 5.79. The van der Waals surface area contributed by atoms with E-state index in [9.17, 15) is 0 Å². The number of hydrogen-bond acceptors (Lipinski definition) is 4. The van der Waals surface area contributed by atoms with Crippen LogP contribution in [0.15, 0.2) is 0 Å².